The molecule has 3 aromatic rings. The Morgan fingerprint density at radius 3 is 2.70 bits per heavy atom. The molecule has 0 spiro atoms. The highest BCUT2D eigenvalue weighted by molar-refractivity contribution is 7.21. The molecule has 0 aliphatic carbocycles. The highest BCUT2D eigenvalue weighted by atomic mass is 32.1. The van der Waals surface area contributed by atoms with Crippen LogP contribution in [0.4, 0.5) is 5.69 Å². The van der Waals surface area contributed by atoms with Gasteiger partial charge >= 0.3 is 0 Å². The zero-order chi connectivity index (χ0) is 13.9. The number of hydrogen-bond acceptors (Lipinski definition) is 4. The second-order valence-corrected chi connectivity index (χ2v) is 5.22. The molecule has 0 bridgehead atoms. The van der Waals surface area contributed by atoms with E-state index in [-0.39, 0.29) is 0 Å². The number of nitrogens with zero attached hydrogens (tertiary/aromatic N) is 1. The first-order valence-corrected chi connectivity index (χ1v) is 6.87. The molecule has 0 radical (unpaired) electrons. The van der Waals surface area contributed by atoms with Gasteiger partial charge in [-0.25, -0.2) is 4.98 Å². The SMILES string of the molecule is COc1ccc2nc(-c3ccc(NC=O)cc3)sc2c1. The lowest BCUT2D eigenvalue weighted by atomic mass is 10.2. The van der Waals surface area contributed by atoms with Gasteiger partial charge in [-0.05, 0) is 42.5 Å². The van der Waals surface area contributed by atoms with E-state index in [2.05, 4.69) is 10.3 Å². The van der Waals surface area contributed by atoms with Gasteiger partial charge in [0.05, 0.1) is 17.3 Å². The number of thiazole rings is 1. The second-order valence-electron chi connectivity index (χ2n) is 4.19. The fourth-order valence-electron chi connectivity index (χ4n) is 1.93. The van der Waals surface area contributed by atoms with Crippen LogP contribution < -0.4 is 10.1 Å². The molecular weight excluding hydrogens is 272 g/mol. The fraction of sp³-hybridized carbons (Fsp3) is 0.0667. The van der Waals surface area contributed by atoms with Crippen molar-refractivity contribution in [2.75, 3.05) is 12.4 Å². The lowest BCUT2D eigenvalue weighted by Crippen LogP contribution is -1.92. The smallest absolute Gasteiger partial charge is 0.211 e. The number of nitrogens with one attached hydrogen (secondary N) is 1. The zero-order valence-corrected chi connectivity index (χ0v) is 11.6. The Balaban J connectivity index is 1.98. The van der Waals surface area contributed by atoms with Gasteiger partial charge in [0.25, 0.3) is 0 Å². The summed E-state index contributed by atoms with van der Waals surface area (Å²) in [6.45, 7) is 0. The standard InChI is InChI=1S/C15H12N2O2S/c1-19-12-6-7-13-14(8-12)20-15(17-13)10-2-4-11(5-3-10)16-9-18/h2-9H,1H3,(H,16,18). The molecule has 4 nitrogen and oxygen atoms in total. The van der Waals surface area contributed by atoms with Crippen molar-refractivity contribution in [3.05, 3.63) is 42.5 Å². The third-order valence-corrected chi connectivity index (χ3v) is 4.02. The molecule has 20 heavy (non-hydrogen) atoms. The van der Waals surface area contributed by atoms with Crippen molar-refractivity contribution in [3.63, 3.8) is 0 Å². The van der Waals surface area contributed by atoms with Crippen molar-refractivity contribution < 1.29 is 9.53 Å². The van der Waals surface area contributed by atoms with Crippen molar-refractivity contribution in [2.24, 2.45) is 0 Å². The number of hydrogen-bond donors (Lipinski definition) is 1. The molecule has 5 heteroatoms. The summed E-state index contributed by atoms with van der Waals surface area (Å²) in [4.78, 5) is 15.0. The van der Waals surface area contributed by atoms with Crippen LogP contribution in [0.1, 0.15) is 0 Å². The minimum absolute atomic E-state index is 0.666. The Labute approximate surface area is 120 Å². The molecular formula is C15H12N2O2S. The first-order chi connectivity index (χ1) is 9.80. The van der Waals surface area contributed by atoms with Gasteiger partial charge in [-0.15, -0.1) is 11.3 Å². The van der Waals surface area contributed by atoms with E-state index in [0.717, 1.165) is 32.2 Å². The maximum atomic E-state index is 10.4. The molecule has 0 unspecified atom stereocenters. The monoisotopic (exact) mass is 284 g/mol. The Morgan fingerprint density at radius 1 is 1.20 bits per heavy atom. The minimum Gasteiger partial charge on any atom is -0.497 e. The van der Waals surface area contributed by atoms with Crippen LogP contribution in [-0.2, 0) is 4.79 Å². The molecule has 0 atom stereocenters. The van der Waals surface area contributed by atoms with Crippen molar-refractivity contribution in [1.82, 2.24) is 4.98 Å². The molecule has 0 saturated carbocycles. The number of aromatic nitrogens is 1. The quantitative estimate of drug-likeness (QED) is 0.745. The lowest BCUT2D eigenvalue weighted by Gasteiger charge is -1.99. The molecule has 3 rings (SSSR count). The van der Waals surface area contributed by atoms with Crippen molar-refractivity contribution >= 4 is 33.7 Å². The first-order valence-electron chi connectivity index (χ1n) is 6.05. The summed E-state index contributed by atoms with van der Waals surface area (Å²) < 4.78 is 6.31. The predicted octanol–water partition coefficient (Wildman–Crippen LogP) is 3.54. The number of methoxy groups -OCH3 is 1. The number of rotatable bonds is 4. The topological polar surface area (TPSA) is 51.2 Å². The van der Waals surface area contributed by atoms with E-state index in [0.29, 0.717) is 6.41 Å². The number of carbonyl (C=O) groups is 1. The van der Waals surface area contributed by atoms with Crippen molar-refractivity contribution in [1.29, 1.82) is 0 Å². The van der Waals surface area contributed by atoms with Crippen LogP contribution in [0.15, 0.2) is 42.5 Å². The zero-order valence-electron chi connectivity index (χ0n) is 10.8. The van der Waals surface area contributed by atoms with Gasteiger partial charge in [-0.1, -0.05) is 0 Å². The first kappa shape index (κ1) is 12.6. The van der Waals surface area contributed by atoms with Gasteiger partial charge in [0.1, 0.15) is 10.8 Å². The maximum Gasteiger partial charge on any atom is 0.211 e. The molecule has 1 heterocycles. The van der Waals surface area contributed by atoms with Crippen molar-refractivity contribution in [2.45, 2.75) is 0 Å². The van der Waals surface area contributed by atoms with E-state index in [1.165, 1.54) is 0 Å². The van der Waals surface area contributed by atoms with Crippen LogP contribution in [0.25, 0.3) is 20.8 Å². The average molecular weight is 284 g/mol. The second kappa shape index (κ2) is 5.30. The predicted molar refractivity (Wildman–Crippen MR) is 81.3 cm³/mol. The number of fused-ring (bicyclic) bond motifs is 1. The van der Waals surface area contributed by atoms with Crippen LogP contribution in [0.2, 0.25) is 0 Å². The fourth-order valence-corrected chi connectivity index (χ4v) is 2.93. The molecule has 0 fully saturated rings. The highest BCUT2D eigenvalue weighted by Gasteiger charge is 2.07. The molecule has 1 amide bonds. The molecule has 0 saturated heterocycles. The average Bonchev–Trinajstić information content (AvgIpc) is 2.91. The third kappa shape index (κ3) is 2.35. The van der Waals surface area contributed by atoms with Gasteiger partial charge < -0.3 is 10.1 Å². The summed E-state index contributed by atoms with van der Waals surface area (Å²) >= 11 is 1.62. The summed E-state index contributed by atoms with van der Waals surface area (Å²) in [6, 6.07) is 13.5. The Morgan fingerprint density at radius 2 is 2.00 bits per heavy atom. The summed E-state index contributed by atoms with van der Waals surface area (Å²) in [6.07, 6.45) is 0.666. The van der Waals surface area contributed by atoms with Crippen LogP contribution in [0, 0.1) is 0 Å². The van der Waals surface area contributed by atoms with E-state index in [1.807, 2.05) is 42.5 Å². The van der Waals surface area contributed by atoms with E-state index in [9.17, 15) is 4.79 Å². The molecule has 1 N–H and O–H groups in total. The highest BCUT2D eigenvalue weighted by Crippen LogP contribution is 2.32. The number of carbonyl (C=O) groups excluding carboxylic acids is 1. The molecule has 100 valence electrons. The summed E-state index contributed by atoms with van der Waals surface area (Å²) in [5.74, 6) is 0.832. The van der Waals surface area contributed by atoms with E-state index in [1.54, 1.807) is 18.4 Å². The summed E-state index contributed by atoms with van der Waals surface area (Å²) in [5.41, 5.74) is 2.76. The molecule has 1 aromatic heterocycles. The minimum atomic E-state index is 0.666. The number of amides is 1. The maximum absolute atomic E-state index is 10.4. The van der Waals surface area contributed by atoms with Gasteiger partial charge in [0, 0.05) is 11.3 Å². The third-order valence-electron chi connectivity index (χ3n) is 2.95. The van der Waals surface area contributed by atoms with Crippen LogP contribution in [0.3, 0.4) is 0 Å². The molecule has 0 aliphatic rings. The van der Waals surface area contributed by atoms with Gasteiger partial charge in [0.15, 0.2) is 0 Å². The van der Waals surface area contributed by atoms with E-state index >= 15 is 0 Å². The molecule has 2 aromatic carbocycles. The van der Waals surface area contributed by atoms with Crippen LogP contribution in [-0.4, -0.2) is 18.5 Å². The number of anilines is 1. The van der Waals surface area contributed by atoms with Crippen LogP contribution >= 0.6 is 11.3 Å². The lowest BCUT2D eigenvalue weighted by molar-refractivity contribution is -0.105. The number of benzene rings is 2. The van der Waals surface area contributed by atoms with Gasteiger partial charge in [0.2, 0.25) is 6.41 Å². The Hall–Kier alpha value is -2.40. The summed E-state index contributed by atoms with van der Waals surface area (Å²) in [7, 11) is 1.65. The number of ether oxygens (including phenoxy) is 1. The molecule has 0 aliphatic heterocycles. The van der Waals surface area contributed by atoms with E-state index < -0.39 is 0 Å². The summed E-state index contributed by atoms with van der Waals surface area (Å²) in [5, 5.41) is 3.56. The van der Waals surface area contributed by atoms with Gasteiger partial charge in [-0.2, -0.15) is 0 Å². The van der Waals surface area contributed by atoms with Crippen molar-refractivity contribution in [3.8, 4) is 16.3 Å². The Kier molecular flexibility index (Phi) is 3.35. The van der Waals surface area contributed by atoms with E-state index in [4.69, 9.17) is 4.74 Å². The normalized spacial score (nSPS) is 10.4. The Bertz CT molecular complexity index is 750. The largest absolute Gasteiger partial charge is 0.497 e. The van der Waals surface area contributed by atoms with Gasteiger partial charge in [-0.3, -0.25) is 4.79 Å². The van der Waals surface area contributed by atoms with Crippen LogP contribution in [0.5, 0.6) is 5.75 Å².